The van der Waals surface area contributed by atoms with Crippen LogP contribution >= 0.6 is 0 Å². The zero-order chi connectivity index (χ0) is 13.1. The quantitative estimate of drug-likeness (QED) is 0.599. The van der Waals surface area contributed by atoms with Crippen LogP contribution in [0.5, 0.6) is 0 Å². The summed E-state index contributed by atoms with van der Waals surface area (Å²) in [6, 6.07) is 6.58. The number of hydrogen-bond acceptors (Lipinski definition) is 3. The van der Waals surface area contributed by atoms with E-state index in [4.69, 9.17) is 4.18 Å². The first kappa shape index (κ1) is 13.9. The number of aryl methyl sites for hydroxylation is 1. The normalized spacial score (nSPS) is 13.6. The van der Waals surface area contributed by atoms with Gasteiger partial charge in [-0.25, -0.2) is 0 Å². The minimum absolute atomic E-state index is 0.0627. The molecule has 17 heavy (non-hydrogen) atoms. The molecule has 0 N–H and O–H groups in total. The van der Waals surface area contributed by atoms with Crippen molar-refractivity contribution in [2.45, 2.75) is 31.8 Å². The molecule has 1 aromatic carbocycles. The van der Waals surface area contributed by atoms with Crippen LogP contribution in [0.4, 0.5) is 0 Å². The summed E-state index contributed by atoms with van der Waals surface area (Å²) >= 11 is 0. The van der Waals surface area contributed by atoms with Gasteiger partial charge >= 0.3 is 0 Å². The molecule has 0 radical (unpaired) electrons. The standard InChI is InChI=1S/C13H18O3S/c1-5-13(10(2)3)16-17(14,15)12-8-6-11(4)7-9-12/h5-10,13H,1H2,2-4H3. The molecule has 0 spiro atoms. The average molecular weight is 254 g/mol. The molecule has 0 aliphatic carbocycles. The Balaban J connectivity index is 2.96. The van der Waals surface area contributed by atoms with Gasteiger partial charge in [-0.2, -0.15) is 8.42 Å². The van der Waals surface area contributed by atoms with Crippen LogP contribution in [0.15, 0.2) is 41.8 Å². The van der Waals surface area contributed by atoms with Crippen LogP contribution in [0.3, 0.4) is 0 Å². The lowest BCUT2D eigenvalue weighted by molar-refractivity contribution is 0.205. The third-order valence-electron chi connectivity index (χ3n) is 2.44. The van der Waals surface area contributed by atoms with Crippen molar-refractivity contribution in [2.75, 3.05) is 0 Å². The SMILES string of the molecule is C=CC(OS(=O)(=O)c1ccc(C)cc1)C(C)C. The fourth-order valence-electron chi connectivity index (χ4n) is 1.33. The molecule has 4 heteroatoms. The summed E-state index contributed by atoms with van der Waals surface area (Å²) in [5.74, 6) is 0.0627. The number of benzene rings is 1. The second-order valence-corrected chi connectivity index (χ2v) is 5.88. The van der Waals surface area contributed by atoms with Crippen LogP contribution in [-0.2, 0) is 14.3 Å². The maximum atomic E-state index is 11.9. The van der Waals surface area contributed by atoms with Crippen molar-refractivity contribution >= 4 is 10.1 Å². The van der Waals surface area contributed by atoms with E-state index in [0.29, 0.717) is 0 Å². The summed E-state index contributed by atoms with van der Waals surface area (Å²) < 4.78 is 29.0. The largest absolute Gasteiger partial charge is 0.297 e. The summed E-state index contributed by atoms with van der Waals surface area (Å²) in [6.07, 6.45) is 1.01. The van der Waals surface area contributed by atoms with Gasteiger partial charge in [0.1, 0.15) is 0 Å². The Morgan fingerprint density at radius 2 is 1.76 bits per heavy atom. The Morgan fingerprint density at radius 1 is 1.24 bits per heavy atom. The van der Waals surface area contributed by atoms with Crippen LogP contribution < -0.4 is 0 Å². The van der Waals surface area contributed by atoms with Crippen LogP contribution in [0.2, 0.25) is 0 Å². The molecule has 0 saturated carbocycles. The molecule has 0 heterocycles. The van der Waals surface area contributed by atoms with E-state index in [2.05, 4.69) is 6.58 Å². The lowest BCUT2D eigenvalue weighted by Crippen LogP contribution is -2.21. The van der Waals surface area contributed by atoms with Gasteiger partial charge in [-0.3, -0.25) is 4.18 Å². The van der Waals surface area contributed by atoms with Crippen molar-refractivity contribution in [3.63, 3.8) is 0 Å². The van der Waals surface area contributed by atoms with E-state index >= 15 is 0 Å². The van der Waals surface area contributed by atoms with Gasteiger partial charge in [0.15, 0.2) is 0 Å². The molecule has 1 aromatic rings. The molecule has 0 aliphatic rings. The molecule has 1 rings (SSSR count). The van der Waals surface area contributed by atoms with Gasteiger partial charge in [-0.1, -0.05) is 37.6 Å². The minimum Gasteiger partial charge on any atom is -0.259 e. The fraction of sp³-hybridized carbons (Fsp3) is 0.385. The highest BCUT2D eigenvalue weighted by molar-refractivity contribution is 7.86. The van der Waals surface area contributed by atoms with Crippen molar-refractivity contribution < 1.29 is 12.6 Å². The van der Waals surface area contributed by atoms with E-state index in [-0.39, 0.29) is 10.8 Å². The average Bonchev–Trinajstić information content (AvgIpc) is 2.26. The molecular weight excluding hydrogens is 236 g/mol. The van der Waals surface area contributed by atoms with E-state index in [1.165, 1.54) is 6.08 Å². The molecule has 0 amide bonds. The van der Waals surface area contributed by atoms with E-state index in [1.54, 1.807) is 24.3 Å². The predicted octanol–water partition coefficient (Wildman–Crippen LogP) is 2.91. The molecule has 94 valence electrons. The Labute approximate surface area is 103 Å². The Bertz CT molecular complexity index is 472. The molecule has 1 unspecified atom stereocenters. The molecule has 0 aromatic heterocycles. The van der Waals surface area contributed by atoms with Crippen molar-refractivity contribution in [1.82, 2.24) is 0 Å². The zero-order valence-corrected chi connectivity index (χ0v) is 11.2. The summed E-state index contributed by atoms with van der Waals surface area (Å²) in [5, 5.41) is 0. The van der Waals surface area contributed by atoms with E-state index in [0.717, 1.165) is 5.56 Å². The summed E-state index contributed by atoms with van der Waals surface area (Å²) in [6.45, 7) is 9.26. The van der Waals surface area contributed by atoms with E-state index in [1.807, 2.05) is 20.8 Å². The lowest BCUT2D eigenvalue weighted by Gasteiger charge is -2.17. The zero-order valence-electron chi connectivity index (χ0n) is 10.4. The van der Waals surface area contributed by atoms with Crippen LogP contribution in [-0.4, -0.2) is 14.5 Å². The number of rotatable bonds is 5. The van der Waals surface area contributed by atoms with Crippen LogP contribution in [0.25, 0.3) is 0 Å². The highest BCUT2D eigenvalue weighted by Crippen LogP contribution is 2.18. The van der Waals surface area contributed by atoms with Gasteiger partial charge in [-0.15, -0.1) is 6.58 Å². The first-order valence-corrected chi connectivity index (χ1v) is 6.90. The topological polar surface area (TPSA) is 43.4 Å². The van der Waals surface area contributed by atoms with Gasteiger partial charge in [0.2, 0.25) is 0 Å². The Morgan fingerprint density at radius 3 is 2.18 bits per heavy atom. The predicted molar refractivity (Wildman–Crippen MR) is 68.3 cm³/mol. The third-order valence-corrected chi connectivity index (χ3v) is 3.76. The summed E-state index contributed by atoms with van der Waals surface area (Å²) in [4.78, 5) is 0.176. The van der Waals surface area contributed by atoms with Crippen molar-refractivity contribution in [3.05, 3.63) is 42.5 Å². The molecule has 3 nitrogen and oxygen atoms in total. The second-order valence-electron chi connectivity index (χ2n) is 4.31. The minimum atomic E-state index is -3.70. The van der Waals surface area contributed by atoms with Crippen molar-refractivity contribution in [1.29, 1.82) is 0 Å². The highest BCUT2D eigenvalue weighted by Gasteiger charge is 2.21. The van der Waals surface area contributed by atoms with Gasteiger partial charge in [0, 0.05) is 0 Å². The monoisotopic (exact) mass is 254 g/mol. The molecule has 0 bridgehead atoms. The Hall–Kier alpha value is -1.13. The molecule has 0 aliphatic heterocycles. The van der Waals surface area contributed by atoms with E-state index in [9.17, 15) is 8.42 Å². The first-order chi connectivity index (χ1) is 7.86. The smallest absolute Gasteiger partial charge is 0.259 e. The second kappa shape index (κ2) is 5.47. The molecular formula is C13H18O3S. The van der Waals surface area contributed by atoms with Crippen molar-refractivity contribution in [2.24, 2.45) is 5.92 Å². The van der Waals surface area contributed by atoms with E-state index < -0.39 is 16.2 Å². The number of hydrogen-bond donors (Lipinski definition) is 0. The maximum absolute atomic E-state index is 11.9. The third kappa shape index (κ3) is 3.68. The lowest BCUT2D eigenvalue weighted by atomic mass is 10.1. The van der Waals surface area contributed by atoms with Crippen LogP contribution in [0.1, 0.15) is 19.4 Å². The van der Waals surface area contributed by atoms with Crippen LogP contribution in [0, 0.1) is 12.8 Å². The van der Waals surface area contributed by atoms with Crippen molar-refractivity contribution in [3.8, 4) is 0 Å². The highest BCUT2D eigenvalue weighted by atomic mass is 32.2. The first-order valence-electron chi connectivity index (χ1n) is 5.49. The van der Waals surface area contributed by atoms with Gasteiger partial charge in [0.05, 0.1) is 11.0 Å². The molecule has 0 saturated heterocycles. The fourth-order valence-corrected chi connectivity index (χ4v) is 2.50. The van der Waals surface area contributed by atoms with Gasteiger partial charge < -0.3 is 0 Å². The molecule has 1 atom stereocenters. The van der Waals surface area contributed by atoms with Gasteiger partial charge in [0.25, 0.3) is 10.1 Å². The summed E-state index contributed by atoms with van der Waals surface area (Å²) in [7, 11) is -3.70. The summed E-state index contributed by atoms with van der Waals surface area (Å²) in [5.41, 5.74) is 1.01. The van der Waals surface area contributed by atoms with Gasteiger partial charge in [-0.05, 0) is 25.0 Å². The Kier molecular flexibility index (Phi) is 4.48. The molecule has 0 fully saturated rings. The maximum Gasteiger partial charge on any atom is 0.297 e.